The monoisotopic (exact) mass is 442 g/mol. The fourth-order valence-electron chi connectivity index (χ4n) is 4.04. The second-order valence-corrected chi connectivity index (χ2v) is 11.0. The van der Waals surface area contributed by atoms with Crippen LogP contribution < -0.4 is 0 Å². The van der Waals surface area contributed by atoms with E-state index in [4.69, 9.17) is 0 Å². The number of carbonyl (C=O) groups is 2. The minimum atomic E-state index is -1.15. The first-order chi connectivity index (χ1) is 11.6. The second kappa shape index (κ2) is 8.09. The topological polar surface area (TPSA) is 54.4 Å². The molecule has 1 fully saturated rings. The fraction of sp³-hybridized carbons (Fsp3) is 0.600. The Hall–Kier alpha value is -0.750. The standard InChI is InChI=1S/C20H27IO3/c1-2-3-12-21-14-10-8-13(9-11-14)17-18(22)15-6-4-5-7-16(15)19(23)20(17)24/h4-7,13-14,17,20-21,24H,2-3,8-12H2,1H3. The molecule has 2 atom stereocenters. The summed E-state index contributed by atoms with van der Waals surface area (Å²) in [7, 11) is 0. The summed E-state index contributed by atoms with van der Waals surface area (Å²) in [6, 6.07) is 6.94. The van der Waals surface area contributed by atoms with Gasteiger partial charge in [-0.2, -0.15) is 0 Å². The van der Waals surface area contributed by atoms with Gasteiger partial charge in [-0.05, 0) is 0 Å². The molecule has 132 valence electrons. The average Bonchev–Trinajstić information content (AvgIpc) is 2.61. The van der Waals surface area contributed by atoms with Gasteiger partial charge < -0.3 is 0 Å². The molecule has 3 nitrogen and oxygen atoms in total. The molecule has 0 aromatic heterocycles. The van der Waals surface area contributed by atoms with Gasteiger partial charge in [0.2, 0.25) is 0 Å². The number of aliphatic hydroxyl groups is 1. The van der Waals surface area contributed by atoms with Gasteiger partial charge in [0.15, 0.2) is 0 Å². The molecule has 2 unspecified atom stereocenters. The summed E-state index contributed by atoms with van der Waals surface area (Å²) >= 11 is 0.0867. The minimum absolute atomic E-state index is 0.0244. The van der Waals surface area contributed by atoms with Gasteiger partial charge in [0.25, 0.3) is 0 Å². The van der Waals surface area contributed by atoms with Crippen molar-refractivity contribution in [2.75, 3.05) is 4.43 Å². The summed E-state index contributed by atoms with van der Waals surface area (Å²) in [4.78, 5) is 25.3. The molecule has 0 heterocycles. The van der Waals surface area contributed by atoms with E-state index in [1.54, 1.807) is 24.3 Å². The van der Waals surface area contributed by atoms with Gasteiger partial charge in [-0.1, -0.05) is 0 Å². The van der Waals surface area contributed by atoms with Gasteiger partial charge in [-0.25, -0.2) is 0 Å². The van der Waals surface area contributed by atoms with Crippen LogP contribution in [0.2, 0.25) is 0 Å². The Morgan fingerprint density at radius 1 is 1.04 bits per heavy atom. The van der Waals surface area contributed by atoms with Gasteiger partial charge in [0, 0.05) is 0 Å². The molecule has 0 spiro atoms. The summed E-state index contributed by atoms with van der Waals surface area (Å²) in [5.41, 5.74) is 0.906. The molecule has 0 amide bonds. The Bertz CT molecular complexity index is 605. The van der Waals surface area contributed by atoms with Crippen molar-refractivity contribution in [1.29, 1.82) is 0 Å². The van der Waals surface area contributed by atoms with E-state index in [1.165, 1.54) is 30.1 Å². The summed E-state index contributed by atoms with van der Waals surface area (Å²) in [5, 5.41) is 10.5. The van der Waals surface area contributed by atoms with Gasteiger partial charge in [0.1, 0.15) is 0 Å². The maximum atomic E-state index is 12.9. The van der Waals surface area contributed by atoms with Crippen molar-refractivity contribution >= 4 is 32.8 Å². The van der Waals surface area contributed by atoms with Crippen LogP contribution >= 0.6 is 21.2 Å². The van der Waals surface area contributed by atoms with E-state index in [1.807, 2.05) is 0 Å². The van der Waals surface area contributed by atoms with E-state index in [9.17, 15) is 14.7 Å². The zero-order valence-corrected chi connectivity index (χ0v) is 16.6. The fourth-order valence-corrected chi connectivity index (χ4v) is 8.02. The van der Waals surface area contributed by atoms with E-state index >= 15 is 0 Å². The quantitative estimate of drug-likeness (QED) is 0.425. The number of hydrogen-bond acceptors (Lipinski definition) is 3. The Kier molecular flexibility index (Phi) is 6.08. The molecule has 1 N–H and O–H groups in total. The van der Waals surface area contributed by atoms with E-state index < -0.39 is 12.0 Å². The zero-order valence-electron chi connectivity index (χ0n) is 14.2. The van der Waals surface area contributed by atoms with E-state index in [2.05, 4.69) is 6.92 Å². The number of Topliss-reactive ketones (excluding diaryl/α,β-unsaturated/α-hetero) is 2. The third kappa shape index (κ3) is 3.59. The molecule has 0 bridgehead atoms. The van der Waals surface area contributed by atoms with Crippen LogP contribution in [-0.4, -0.2) is 31.1 Å². The number of unbranched alkanes of at least 4 members (excludes halogenated alkanes) is 1. The van der Waals surface area contributed by atoms with Crippen LogP contribution in [0.1, 0.15) is 66.2 Å². The van der Waals surface area contributed by atoms with Crippen molar-refractivity contribution in [3.8, 4) is 0 Å². The number of halogens is 1. The predicted octanol–water partition coefficient (Wildman–Crippen LogP) is 4.10. The van der Waals surface area contributed by atoms with Crippen LogP contribution in [0.4, 0.5) is 0 Å². The van der Waals surface area contributed by atoms with Crippen LogP contribution in [0.5, 0.6) is 0 Å². The van der Waals surface area contributed by atoms with Crippen molar-refractivity contribution in [2.45, 2.75) is 55.5 Å². The third-order valence-corrected chi connectivity index (χ3v) is 9.64. The first kappa shape index (κ1) is 18.1. The van der Waals surface area contributed by atoms with Crippen LogP contribution in [0.25, 0.3) is 0 Å². The third-order valence-electron chi connectivity index (χ3n) is 5.45. The van der Waals surface area contributed by atoms with Crippen molar-refractivity contribution in [2.24, 2.45) is 11.8 Å². The number of aliphatic hydroxyl groups excluding tert-OH is 1. The summed E-state index contributed by atoms with van der Waals surface area (Å²) in [6.07, 6.45) is 5.84. The summed E-state index contributed by atoms with van der Waals surface area (Å²) < 4.78 is 2.31. The van der Waals surface area contributed by atoms with Gasteiger partial charge >= 0.3 is 155 Å². The molecule has 24 heavy (non-hydrogen) atoms. The molecular weight excluding hydrogens is 415 g/mol. The van der Waals surface area contributed by atoms with Crippen LogP contribution in [-0.2, 0) is 0 Å². The van der Waals surface area contributed by atoms with Gasteiger partial charge in [-0.15, -0.1) is 0 Å². The molecule has 1 aromatic rings. The number of benzene rings is 1. The average molecular weight is 442 g/mol. The number of alkyl halides is 2. The molecule has 0 saturated heterocycles. The summed E-state index contributed by atoms with van der Waals surface area (Å²) in [5.74, 6) is -0.651. The molecule has 0 radical (unpaired) electrons. The first-order valence-corrected chi connectivity index (χ1v) is 12.1. The van der Waals surface area contributed by atoms with Crippen molar-refractivity contribution in [1.82, 2.24) is 0 Å². The number of fused-ring (bicyclic) bond motifs is 1. The molecule has 0 aliphatic heterocycles. The Morgan fingerprint density at radius 3 is 2.29 bits per heavy atom. The maximum absolute atomic E-state index is 12.9. The Morgan fingerprint density at radius 2 is 1.67 bits per heavy atom. The van der Waals surface area contributed by atoms with E-state index in [-0.39, 0.29) is 38.7 Å². The molecule has 2 aliphatic carbocycles. The van der Waals surface area contributed by atoms with Crippen molar-refractivity contribution in [3.05, 3.63) is 35.4 Å². The number of rotatable bonds is 5. The molecular formula is C20H27IO3. The van der Waals surface area contributed by atoms with Crippen LogP contribution in [0, 0.1) is 11.8 Å². The molecule has 1 saturated carbocycles. The number of ketones is 2. The normalized spacial score (nSPS) is 30.4. The Labute approximate surface area is 154 Å². The summed E-state index contributed by atoms with van der Waals surface area (Å²) in [6.45, 7) is 2.24. The van der Waals surface area contributed by atoms with E-state index in [0.717, 1.165) is 16.8 Å². The van der Waals surface area contributed by atoms with Crippen LogP contribution in [0.3, 0.4) is 0 Å². The molecule has 1 aromatic carbocycles. The molecule has 2 aliphatic rings. The van der Waals surface area contributed by atoms with Gasteiger partial charge in [-0.3, -0.25) is 0 Å². The number of hydrogen-bond donors (Lipinski definition) is 1. The molecule has 3 rings (SSSR count). The first-order valence-electron chi connectivity index (χ1n) is 9.10. The molecule has 4 heteroatoms. The SMILES string of the molecule is CCCC[IH]C1CCC(C2C(=O)c3ccccc3C(=O)C2O)CC1. The second-order valence-electron chi connectivity index (χ2n) is 7.01. The van der Waals surface area contributed by atoms with Crippen molar-refractivity contribution in [3.63, 3.8) is 0 Å². The van der Waals surface area contributed by atoms with Gasteiger partial charge in [0.05, 0.1) is 0 Å². The number of carbonyl (C=O) groups excluding carboxylic acids is 2. The van der Waals surface area contributed by atoms with Crippen LogP contribution in [0.15, 0.2) is 24.3 Å². The Balaban J connectivity index is 1.68. The predicted molar refractivity (Wildman–Crippen MR) is 106 cm³/mol. The van der Waals surface area contributed by atoms with Crippen molar-refractivity contribution < 1.29 is 14.7 Å². The zero-order chi connectivity index (χ0) is 17.1. The van der Waals surface area contributed by atoms with E-state index in [0.29, 0.717) is 11.1 Å².